The summed E-state index contributed by atoms with van der Waals surface area (Å²) in [5.41, 5.74) is 3.64. The van der Waals surface area contributed by atoms with Crippen LogP contribution in [0, 0.1) is 0 Å². The highest BCUT2D eigenvalue weighted by molar-refractivity contribution is 6.33. The maximum atomic E-state index is 12.3. The number of phenolic OH excluding ortho intramolecular Hbond substituents is 1. The predicted octanol–water partition coefficient (Wildman–Crippen LogP) is 5.33. The van der Waals surface area contributed by atoms with Crippen molar-refractivity contribution in [3.63, 3.8) is 0 Å². The summed E-state index contributed by atoms with van der Waals surface area (Å²) in [7, 11) is 0. The van der Waals surface area contributed by atoms with Gasteiger partial charge >= 0.3 is 0 Å². The molecule has 3 aromatic rings. The number of benzene rings is 3. The highest BCUT2D eigenvalue weighted by Crippen LogP contribution is 2.30. The third-order valence-corrected chi connectivity index (χ3v) is 5.61. The lowest BCUT2D eigenvalue weighted by Gasteiger charge is -2.09. The van der Waals surface area contributed by atoms with Crippen LogP contribution >= 0.6 is 11.6 Å². The SMILES string of the molecule is CC1=C(/C=C\CC(=O)NCc2ccc(-c3ccc(O)cc3)c(Cl)c2)Oc2ccccc2C(=O)N1. The Labute approximate surface area is 202 Å². The summed E-state index contributed by atoms with van der Waals surface area (Å²) in [4.78, 5) is 24.6. The molecule has 4 rings (SSSR count). The van der Waals surface area contributed by atoms with Crippen molar-refractivity contribution in [2.75, 3.05) is 0 Å². The quantitative estimate of drug-likeness (QED) is 0.450. The fourth-order valence-electron chi connectivity index (χ4n) is 3.49. The van der Waals surface area contributed by atoms with Crippen LogP contribution in [0.3, 0.4) is 0 Å². The highest BCUT2D eigenvalue weighted by Gasteiger charge is 2.19. The van der Waals surface area contributed by atoms with Gasteiger partial charge in [-0.1, -0.05) is 54.1 Å². The fourth-order valence-corrected chi connectivity index (χ4v) is 3.80. The lowest BCUT2D eigenvalue weighted by molar-refractivity contribution is -0.120. The van der Waals surface area contributed by atoms with Crippen molar-refractivity contribution < 1.29 is 19.4 Å². The molecule has 0 bridgehead atoms. The third-order valence-electron chi connectivity index (χ3n) is 5.30. The van der Waals surface area contributed by atoms with Gasteiger partial charge in [0.05, 0.1) is 11.3 Å². The molecule has 0 aromatic heterocycles. The van der Waals surface area contributed by atoms with Gasteiger partial charge in [0.1, 0.15) is 17.3 Å². The van der Waals surface area contributed by atoms with Gasteiger partial charge in [0.25, 0.3) is 5.91 Å². The maximum Gasteiger partial charge on any atom is 0.259 e. The number of fused-ring (bicyclic) bond motifs is 1. The minimum absolute atomic E-state index is 0.148. The molecule has 34 heavy (non-hydrogen) atoms. The third kappa shape index (κ3) is 5.47. The molecule has 2 amide bonds. The second-order valence-corrected chi connectivity index (χ2v) is 8.19. The van der Waals surface area contributed by atoms with Gasteiger partial charge < -0.3 is 20.5 Å². The Morgan fingerprint density at radius 2 is 1.85 bits per heavy atom. The number of amides is 2. The molecule has 0 saturated carbocycles. The van der Waals surface area contributed by atoms with Crippen molar-refractivity contribution in [2.45, 2.75) is 19.9 Å². The van der Waals surface area contributed by atoms with Crippen LogP contribution in [0.5, 0.6) is 11.5 Å². The van der Waals surface area contributed by atoms with Crippen LogP contribution < -0.4 is 15.4 Å². The summed E-state index contributed by atoms with van der Waals surface area (Å²) in [6.45, 7) is 2.08. The van der Waals surface area contributed by atoms with Crippen LogP contribution in [0.2, 0.25) is 5.02 Å². The van der Waals surface area contributed by atoms with E-state index in [0.717, 1.165) is 16.7 Å². The van der Waals surface area contributed by atoms with E-state index in [1.807, 2.05) is 18.2 Å². The molecular weight excluding hydrogens is 452 g/mol. The summed E-state index contributed by atoms with van der Waals surface area (Å²) in [6, 6.07) is 19.4. The van der Waals surface area contributed by atoms with Crippen molar-refractivity contribution in [1.29, 1.82) is 0 Å². The molecule has 3 aromatic carbocycles. The molecule has 6 nitrogen and oxygen atoms in total. The van der Waals surface area contributed by atoms with Gasteiger partial charge in [-0.15, -0.1) is 0 Å². The Hall–Kier alpha value is -4.03. The van der Waals surface area contributed by atoms with Gasteiger partial charge in [-0.25, -0.2) is 0 Å². The van der Waals surface area contributed by atoms with Crippen molar-refractivity contribution in [3.8, 4) is 22.6 Å². The molecule has 0 saturated heterocycles. The summed E-state index contributed by atoms with van der Waals surface area (Å²) >= 11 is 6.43. The number of phenols is 1. The number of ether oxygens (including phenoxy) is 1. The van der Waals surface area contributed by atoms with Gasteiger partial charge in [0.15, 0.2) is 0 Å². The van der Waals surface area contributed by atoms with Crippen LogP contribution in [0.4, 0.5) is 0 Å². The molecule has 1 heterocycles. The number of carbonyl (C=O) groups excluding carboxylic acids is 2. The van der Waals surface area contributed by atoms with Gasteiger partial charge in [-0.2, -0.15) is 0 Å². The first-order chi connectivity index (χ1) is 16.4. The molecule has 3 N–H and O–H groups in total. The minimum Gasteiger partial charge on any atom is -0.508 e. The van der Waals surface area contributed by atoms with Crippen LogP contribution in [0.1, 0.15) is 29.3 Å². The van der Waals surface area contributed by atoms with Crippen LogP contribution in [0.25, 0.3) is 11.1 Å². The summed E-state index contributed by atoms with van der Waals surface area (Å²) in [6.07, 6.45) is 3.52. The number of halogens is 1. The lowest BCUT2D eigenvalue weighted by atomic mass is 10.0. The topological polar surface area (TPSA) is 87.7 Å². The molecule has 0 unspecified atom stereocenters. The molecule has 172 valence electrons. The summed E-state index contributed by atoms with van der Waals surface area (Å²) in [5.74, 6) is 0.742. The number of aromatic hydroxyl groups is 1. The molecular formula is C27H23ClN2O4. The van der Waals surface area contributed by atoms with E-state index in [-0.39, 0.29) is 24.0 Å². The number of hydrogen-bond donors (Lipinski definition) is 3. The van der Waals surface area contributed by atoms with E-state index in [9.17, 15) is 14.7 Å². The van der Waals surface area contributed by atoms with Crippen molar-refractivity contribution in [3.05, 3.63) is 106 Å². The molecule has 0 spiro atoms. The Morgan fingerprint density at radius 3 is 2.62 bits per heavy atom. The van der Waals surface area contributed by atoms with Crippen LogP contribution in [-0.4, -0.2) is 16.9 Å². The largest absolute Gasteiger partial charge is 0.508 e. The molecule has 1 aliphatic rings. The van der Waals surface area contributed by atoms with Gasteiger partial charge in [-0.3, -0.25) is 9.59 Å². The van der Waals surface area contributed by atoms with E-state index in [1.54, 1.807) is 67.6 Å². The predicted molar refractivity (Wildman–Crippen MR) is 131 cm³/mol. The van der Waals surface area contributed by atoms with Crippen molar-refractivity contribution in [2.24, 2.45) is 0 Å². The lowest BCUT2D eigenvalue weighted by Crippen LogP contribution is -2.22. The Kier molecular flexibility index (Phi) is 6.99. The molecule has 0 radical (unpaired) electrons. The standard InChI is InChI=1S/C27H23ClN2O4/c1-17-24(34-25-6-3-2-5-22(25)27(33)30-17)7-4-8-26(32)29-16-18-9-14-21(23(28)15-18)19-10-12-20(31)13-11-19/h2-7,9-15,31H,8,16H2,1H3,(H,29,32)(H,30,33)/b7-4-. The molecule has 0 atom stereocenters. The molecule has 1 aliphatic heterocycles. The molecule has 7 heteroatoms. The Morgan fingerprint density at radius 1 is 1.09 bits per heavy atom. The first-order valence-electron chi connectivity index (χ1n) is 10.7. The maximum absolute atomic E-state index is 12.3. The van der Waals surface area contributed by atoms with Crippen molar-refractivity contribution in [1.82, 2.24) is 10.6 Å². The van der Waals surface area contributed by atoms with E-state index in [2.05, 4.69) is 10.6 Å². The van der Waals surface area contributed by atoms with Gasteiger partial charge in [-0.05, 0) is 54.5 Å². The number of allylic oxidation sites excluding steroid dienone is 2. The number of para-hydroxylation sites is 1. The van der Waals surface area contributed by atoms with E-state index in [0.29, 0.717) is 34.3 Å². The van der Waals surface area contributed by atoms with Gasteiger partial charge in [0.2, 0.25) is 5.91 Å². The number of carbonyl (C=O) groups is 2. The Balaban J connectivity index is 1.34. The molecule has 0 aliphatic carbocycles. The number of hydrogen-bond acceptors (Lipinski definition) is 4. The number of nitrogens with one attached hydrogen (secondary N) is 2. The summed E-state index contributed by atoms with van der Waals surface area (Å²) < 4.78 is 5.87. The van der Waals surface area contributed by atoms with E-state index < -0.39 is 0 Å². The average molecular weight is 475 g/mol. The zero-order valence-corrected chi connectivity index (χ0v) is 19.2. The zero-order chi connectivity index (χ0) is 24.1. The normalized spacial score (nSPS) is 13.2. The second kappa shape index (κ2) is 10.3. The molecule has 0 fully saturated rings. The average Bonchev–Trinajstić information content (AvgIpc) is 2.94. The first-order valence-corrected chi connectivity index (χ1v) is 11.1. The Bertz CT molecular complexity index is 1300. The van der Waals surface area contributed by atoms with Crippen LogP contribution in [0.15, 0.2) is 90.3 Å². The fraction of sp³-hybridized carbons (Fsp3) is 0.111. The van der Waals surface area contributed by atoms with Crippen LogP contribution in [-0.2, 0) is 11.3 Å². The second-order valence-electron chi connectivity index (χ2n) is 7.79. The zero-order valence-electron chi connectivity index (χ0n) is 18.5. The van der Waals surface area contributed by atoms with Crippen molar-refractivity contribution >= 4 is 23.4 Å². The summed E-state index contributed by atoms with van der Waals surface area (Å²) in [5, 5.41) is 15.7. The smallest absolute Gasteiger partial charge is 0.259 e. The first kappa shape index (κ1) is 23.1. The van der Waals surface area contributed by atoms with Gasteiger partial charge in [0, 0.05) is 23.6 Å². The monoisotopic (exact) mass is 474 g/mol. The van der Waals surface area contributed by atoms with E-state index in [4.69, 9.17) is 16.3 Å². The van der Waals surface area contributed by atoms with E-state index >= 15 is 0 Å². The van der Waals surface area contributed by atoms with E-state index in [1.165, 1.54) is 0 Å². The highest BCUT2D eigenvalue weighted by atomic mass is 35.5. The number of rotatable bonds is 6. The minimum atomic E-state index is -0.232.